The molecule has 0 aliphatic carbocycles. The Morgan fingerprint density at radius 2 is 1.05 bits per heavy atom. The molecule has 6 rings (SSSR count). The van der Waals surface area contributed by atoms with Crippen LogP contribution in [0.3, 0.4) is 0 Å². The summed E-state index contributed by atoms with van der Waals surface area (Å²) in [7, 11) is 0. The van der Waals surface area contributed by atoms with Gasteiger partial charge in [-0.1, -0.05) is 12.1 Å². The number of thiazole rings is 2. The van der Waals surface area contributed by atoms with E-state index in [1.54, 1.807) is 23.2 Å². The van der Waals surface area contributed by atoms with Gasteiger partial charge in [-0.05, 0) is 96.8 Å². The van der Waals surface area contributed by atoms with Crippen molar-refractivity contribution in [3.63, 3.8) is 0 Å². The van der Waals surface area contributed by atoms with Gasteiger partial charge in [0.15, 0.2) is 0 Å². The predicted octanol–water partition coefficient (Wildman–Crippen LogP) is 7.69. The van der Waals surface area contributed by atoms with Gasteiger partial charge in [0.2, 0.25) is 0 Å². The second-order valence-corrected chi connectivity index (χ2v) is 10.8. The number of rotatable bonds is 5. The van der Waals surface area contributed by atoms with Crippen LogP contribution < -0.4 is 10.6 Å². The quantitative estimate of drug-likeness (QED) is 0.237. The van der Waals surface area contributed by atoms with Crippen molar-refractivity contribution in [1.29, 1.82) is 0 Å². The van der Waals surface area contributed by atoms with Crippen molar-refractivity contribution in [3.8, 4) is 11.1 Å². The van der Waals surface area contributed by atoms with E-state index in [9.17, 15) is 9.59 Å². The second kappa shape index (κ2) is 9.81. The Kier molecular flexibility index (Phi) is 6.19. The van der Waals surface area contributed by atoms with Crippen molar-refractivity contribution in [1.82, 2.24) is 9.97 Å². The summed E-state index contributed by atoms with van der Waals surface area (Å²) in [6, 6.07) is 23.0. The molecule has 0 spiro atoms. The molecule has 0 aliphatic heterocycles. The normalized spacial score (nSPS) is 11.1. The Bertz CT molecular complexity index is 1720. The Morgan fingerprint density at radius 1 is 0.605 bits per heavy atom. The van der Waals surface area contributed by atoms with E-state index in [2.05, 4.69) is 32.7 Å². The summed E-state index contributed by atoms with van der Waals surface area (Å²) < 4.78 is 1.97. The highest BCUT2D eigenvalue weighted by Crippen LogP contribution is 2.29. The maximum Gasteiger partial charge on any atom is 0.255 e. The molecule has 2 aromatic heterocycles. The number of nitrogens with one attached hydrogen (secondary N) is 2. The first-order valence-corrected chi connectivity index (χ1v) is 13.7. The zero-order chi connectivity index (χ0) is 26.2. The van der Waals surface area contributed by atoms with E-state index in [4.69, 9.17) is 0 Å². The minimum absolute atomic E-state index is 0.151. The number of anilines is 2. The van der Waals surface area contributed by atoms with Crippen LogP contribution in [0, 0.1) is 13.8 Å². The number of amides is 2. The van der Waals surface area contributed by atoms with E-state index in [0.717, 1.165) is 54.1 Å². The smallest absolute Gasteiger partial charge is 0.255 e. The van der Waals surface area contributed by atoms with Crippen molar-refractivity contribution in [3.05, 3.63) is 106 Å². The Balaban J connectivity index is 1.17. The topological polar surface area (TPSA) is 84.0 Å². The molecule has 0 unspecified atom stereocenters. The molecule has 0 fully saturated rings. The molecule has 0 aliphatic rings. The van der Waals surface area contributed by atoms with Gasteiger partial charge in [0, 0.05) is 22.5 Å². The van der Waals surface area contributed by atoms with Crippen molar-refractivity contribution >= 4 is 66.3 Å². The number of hydrogen-bond donors (Lipinski definition) is 2. The van der Waals surface area contributed by atoms with Crippen LogP contribution in [-0.2, 0) is 0 Å². The van der Waals surface area contributed by atoms with Gasteiger partial charge in [0.25, 0.3) is 11.8 Å². The van der Waals surface area contributed by atoms with Crippen LogP contribution in [0.5, 0.6) is 0 Å². The molecule has 38 heavy (non-hydrogen) atoms. The Hall–Kier alpha value is -4.40. The lowest BCUT2D eigenvalue weighted by molar-refractivity contribution is 0.101. The van der Waals surface area contributed by atoms with Gasteiger partial charge < -0.3 is 10.6 Å². The van der Waals surface area contributed by atoms with Gasteiger partial charge >= 0.3 is 0 Å². The van der Waals surface area contributed by atoms with Crippen LogP contribution in [0.1, 0.15) is 31.8 Å². The fourth-order valence-electron chi connectivity index (χ4n) is 4.35. The molecule has 8 heteroatoms. The molecule has 0 saturated heterocycles. The van der Waals surface area contributed by atoms with Crippen molar-refractivity contribution in [2.24, 2.45) is 0 Å². The van der Waals surface area contributed by atoms with Gasteiger partial charge in [-0.15, -0.1) is 22.7 Å². The van der Waals surface area contributed by atoms with Gasteiger partial charge in [-0.25, -0.2) is 9.97 Å². The molecule has 6 aromatic rings. The Labute approximate surface area is 227 Å². The van der Waals surface area contributed by atoms with E-state index in [1.165, 1.54) is 22.7 Å². The SMILES string of the molecule is Cc1cc(-c2ccc(NC(=O)c3ccc4ncsc4c3)c(C)c2)ccc1NC(=O)c1ccc2ncsc2c1. The van der Waals surface area contributed by atoms with Crippen molar-refractivity contribution in [2.45, 2.75) is 13.8 Å². The largest absolute Gasteiger partial charge is 0.322 e. The number of carbonyl (C=O) groups excluding carboxylic acids is 2. The van der Waals surface area contributed by atoms with E-state index < -0.39 is 0 Å². The molecule has 186 valence electrons. The third-order valence-electron chi connectivity index (χ3n) is 6.47. The van der Waals surface area contributed by atoms with Gasteiger partial charge in [-0.2, -0.15) is 0 Å². The summed E-state index contributed by atoms with van der Waals surface area (Å²) in [5.74, 6) is -0.303. The van der Waals surface area contributed by atoms with Gasteiger partial charge in [-0.3, -0.25) is 9.59 Å². The first-order chi connectivity index (χ1) is 18.4. The molecule has 2 amide bonds. The molecular weight excluding hydrogens is 512 g/mol. The summed E-state index contributed by atoms with van der Waals surface area (Å²) in [5.41, 5.74) is 12.1. The van der Waals surface area contributed by atoms with E-state index in [-0.39, 0.29) is 11.8 Å². The van der Waals surface area contributed by atoms with Crippen LogP contribution in [-0.4, -0.2) is 21.8 Å². The standard InChI is InChI=1S/C30H22N4O2S2/c1-17-11-19(3-7-23(17)33-29(35)21-5-9-25-27(13-21)37-15-31-25)20-4-8-24(18(2)12-20)34-30(36)22-6-10-26-28(14-22)38-16-32-26/h3-16H,1-2H3,(H,33,35)(H,34,36). The molecule has 0 bridgehead atoms. The molecule has 0 radical (unpaired) electrons. The number of aryl methyl sites for hydroxylation is 2. The average Bonchev–Trinajstić information content (AvgIpc) is 3.59. The highest BCUT2D eigenvalue weighted by atomic mass is 32.1. The van der Waals surface area contributed by atoms with E-state index in [0.29, 0.717) is 11.1 Å². The maximum atomic E-state index is 12.8. The molecule has 2 heterocycles. The number of fused-ring (bicyclic) bond motifs is 2. The summed E-state index contributed by atoms with van der Waals surface area (Å²) in [6.45, 7) is 3.96. The molecular formula is C30H22N4O2S2. The zero-order valence-electron chi connectivity index (χ0n) is 20.6. The van der Waals surface area contributed by atoms with Gasteiger partial charge in [0.05, 0.1) is 31.5 Å². The van der Waals surface area contributed by atoms with Crippen LogP contribution in [0.25, 0.3) is 31.6 Å². The summed E-state index contributed by atoms with van der Waals surface area (Å²) in [6.07, 6.45) is 0. The van der Waals surface area contributed by atoms with Crippen molar-refractivity contribution in [2.75, 3.05) is 10.6 Å². The van der Waals surface area contributed by atoms with Crippen LogP contribution in [0.4, 0.5) is 11.4 Å². The van der Waals surface area contributed by atoms with Crippen LogP contribution in [0.2, 0.25) is 0 Å². The number of hydrogen-bond acceptors (Lipinski definition) is 6. The number of carbonyl (C=O) groups is 2. The molecule has 6 nitrogen and oxygen atoms in total. The summed E-state index contributed by atoms with van der Waals surface area (Å²) in [5, 5.41) is 6.05. The fraction of sp³-hybridized carbons (Fsp3) is 0.0667. The van der Waals surface area contributed by atoms with Crippen LogP contribution >= 0.6 is 22.7 Å². The average molecular weight is 535 g/mol. The lowest BCUT2D eigenvalue weighted by atomic mass is 9.99. The lowest BCUT2D eigenvalue weighted by Crippen LogP contribution is -2.13. The summed E-state index contributed by atoms with van der Waals surface area (Å²) >= 11 is 3.03. The fourth-order valence-corrected chi connectivity index (χ4v) is 5.78. The number of nitrogens with zero attached hydrogens (tertiary/aromatic N) is 2. The van der Waals surface area contributed by atoms with Gasteiger partial charge in [0.1, 0.15) is 0 Å². The maximum absolute atomic E-state index is 12.8. The minimum atomic E-state index is -0.151. The van der Waals surface area contributed by atoms with Crippen LogP contribution in [0.15, 0.2) is 83.8 Å². The van der Waals surface area contributed by atoms with Crippen molar-refractivity contribution < 1.29 is 9.59 Å². The third kappa shape index (κ3) is 4.67. The predicted molar refractivity (Wildman–Crippen MR) is 156 cm³/mol. The van der Waals surface area contributed by atoms with E-state index >= 15 is 0 Å². The first kappa shape index (κ1) is 24.0. The highest BCUT2D eigenvalue weighted by Gasteiger charge is 2.13. The lowest BCUT2D eigenvalue weighted by Gasteiger charge is -2.13. The Morgan fingerprint density at radius 3 is 1.47 bits per heavy atom. The highest BCUT2D eigenvalue weighted by molar-refractivity contribution is 7.17. The molecule has 2 N–H and O–H groups in total. The van der Waals surface area contributed by atoms with E-state index in [1.807, 2.05) is 62.4 Å². The molecule has 4 aromatic carbocycles. The number of aromatic nitrogens is 2. The molecule has 0 atom stereocenters. The second-order valence-electron chi connectivity index (χ2n) is 9.04. The minimum Gasteiger partial charge on any atom is -0.322 e. The monoisotopic (exact) mass is 534 g/mol. The third-order valence-corrected chi connectivity index (χ3v) is 8.05. The first-order valence-electron chi connectivity index (χ1n) is 12.0. The summed E-state index contributed by atoms with van der Waals surface area (Å²) in [4.78, 5) is 34.2. The zero-order valence-corrected chi connectivity index (χ0v) is 22.2. The molecule has 0 saturated carbocycles. The number of benzene rings is 4.